The van der Waals surface area contributed by atoms with Crippen LogP contribution >= 0.6 is 0 Å². The van der Waals surface area contributed by atoms with E-state index < -0.39 is 9.84 Å². The number of carbonyl (C=O) groups is 1. The Balaban J connectivity index is 1.71. The Kier molecular flexibility index (Phi) is 4.04. The average Bonchev–Trinajstić information content (AvgIpc) is 3.07. The first-order valence-corrected chi connectivity index (χ1v) is 9.63. The maximum absolute atomic E-state index is 12.7. The van der Waals surface area contributed by atoms with E-state index in [0.717, 1.165) is 32.4 Å². The summed E-state index contributed by atoms with van der Waals surface area (Å²) in [4.78, 5) is 14.7. The van der Waals surface area contributed by atoms with Gasteiger partial charge in [-0.25, -0.2) is 8.42 Å². The van der Waals surface area contributed by atoms with Crippen molar-refractivity contribution < 1.29 is 13.2 Å². The molecule has 1 N–H and O–H groups in total. The monoisotopic (exact) mass is 300 g/mol. The number of likely N-dealkylation sites (tertiary alicyclic amines) is 1. The van der Waals surface area contributed by atoms with E-state index in [1.54, 1.807) is 0 Å². The van der Waals surface area contributed by atoms with Gasteiger partial charge in [0, 0.05) is 18.6 Å². The molecule has 6 heteroatoms. The van der Waals surface area contributed by atoms with Crippen LogP contribution in [0.4, 0.5) is 0 Å². The zero-order chi connectivity index (χ0) is 14.2. The van der Waals surface area contributed by atoms with Crippen LogP contribution < -0.4 is 5.32 Å². The minimum atomic E-state index is -2.98. The molecule has 3 rings (SSSR count). The van der Waals surface area contributed by atoms with Crippen LogP contribution in [0.1, 0.15) is 38.5 Å². The highest BCUT2D eigenvalue weighted by Gasteiger charge is 2.40. The molecule has 3 atom stereocenters. The highest BCUT2D eigenvalue weighted by atomic mass is 32.2. The van der Waals surface area contributed by atoms with E-state index in [2.05, 4.69) is 5.32 Å². The molecule has 3 fully saturated rings. The highest BCUT2D eigenvalue weighted by Crippen LogP contribution is 2.28. The van der Waals surface area contributed by atoms with Crippen LogP contribution in [-0.2, 0) is 14.6 Å². The normalized spacial score (nSPS) is 37.2. The Morgan fingerprint density at radius 2 is 1.95 bits per heavy atom. The van der Waals surface area contributed by atoms with E-state index in [1.165, 1.54) is 12.8 Å². The van der Waals surface area contributed by atoms with Gasteiger partial charge in [-0.05, 0) is 45.1 Å². The van der Waals surface area contributed by atoms with E-state index in [1.807, 2.05) is 4.90 Å². The van der Waals surface area contributed by atoms with Gasteiger partial charge in [-0.2, -0.15) is 0 Å². The van der Waals surface area contributed by atoms with Crippen molar-refractivity contribution in [3.8, 4) is 0 Å². The minimum Gasteiger partial charge on any atom is -0.338 e. The van der Waals surface area contributed by atoms with Gasteiger partial charge in [0.05, 0.1) is 17.4 Å². The molecule has 3 unspecified atom stereocenters. The van der Waals surface area contributed by atoms with E-state index in [-0.39, 0.29) is 29.4 Å². The lowest BCUT2D eigenvalue weighted by molar-refractivity contribution is -0.139. The van der Waals surface area contributed by atoms with Gasteiger partial charge >= 0.3 is 0 Å². The number of hydrogen-bond acceptors (Lipinski definition) is 4. The molecule has 0 saturated carbocycles. The standard InChI is InChI=1S/C14H24N2O3S/c17-14(11-6-9-20(18,19)10-11)16-8-2-1-5-13(16)12-4-3-7-15-12/h11-13,15H,1-10H2. The number of rotatable bonds is 2. The molecule has 3 saturated heterocycles. The van der Waals surface area contributed by atoms with Crippen LogP contribution in [0, 0.1) is 5.92 Å². The third kappa shape index (κ3) is 2.86. The zero-order valence-electron chi connectivity index (χ0n) is 11.9. The summed E-state index contributed by atoms with van der Waals surface area (Å²) in [6, 6.07) is 0.694. The number of sulfone groups is 1. The van der Waals surface area contributed by atoms with Gasteiger partial charge in [0.15, 0.2) is 9.84 Å². The quantitative estimate of drug-likeness (QED) is 0.809. The molecule has 3 aliphatic rings. The van der Waals surface area contributed by atoms with E-state index in [9.17, 15) is 13.2 Å². The van der Waals surface area contributed by atoms with E-state index >= 15 is 0 Å². The molecule has 114 valence electrons. The number of amides is 1. The Morgan fingerprint density at radius 3 is 2.60 bits per heavy atom. The summed E-state index contributed by atoms with van der Waals surface area (Å²) in [5, 5.41) is 3.51. The van der Waals surface area contributed by atoms with Gasteiger partial charge in [0.25, 0.3) is 0 Å². The van der Waals surface area contributed by atoms with Crippen molar-refractivity contribution in [2.75, 3.05) is 24.6 Å². The lowest BCUT2D eigenvalue weighted by atomic mass is 9.92. The van der Waals surface area contributed by atoms with E-state index in [4.69, 9.17) is 0 Å². The summed E-state index contributed by atoms with van der Waals surface area (Å²) in [5.41, 5.74) is 0. The predicted molar refractivity (Wildman–Crippen MR) is 77.1 cm³/mol. The fourth-order valence-corrected chi connectivity index (χ4v) is 5.65. The van der Waals surface area contributed by atoms with Crippen LogP contribution in [0.5, 0.6) is 0 Å². The first-order valence-electron chi connectivity index (χ1n) is 7.81. The lowest BCUT2D eigenvalue weighted by Gasteiger charge is -2.40. The molecule has 1 amide bonds. The van der Waals surface area contributed by atoms with Gasteiger partial charge in [-0.3, -0.25) is 4.79 Å². The van der Waals surface area contributed by atoms with Gasteiger partial charge in [0.2, 0.25) is 5.91 Å². The molecule has 0 aromatic rings. The molecule has 3 aliphatic heterocycles. The largest absolute Gasteiger partial charge is 0.338 e. The summed E-state index contributed by atoms with van der Waals surface area (Å²) < 4.78 is 23.2. The van der Waals surface area contributed by atoms with Gasteiger partial charge in [0.1, 0.15) is 0 Å². The molecule has 20 heavy (non-hydrogen) atoms. The van der Waals surface area contributed by atoms with Crippen LogP contribution in [0.2, 0.25) is 0 Å². The third-order valence-electron chi connectivity index (χ3n) is 4.98. The Hall–Kier alpha value is -0.620. The zero-order valence-corrected chi connectivity index (χ0v) is 12.7. The second-order valence-corrected chi connectivity index (χ2v) is 8.63. The highest BCUT2D eigenvalue weighted by molar-refractivity contribution is 7.91. The molecule has 0 spiro atoms. The minimum absolute atomic E-state index is 0.0626. The average molecular weight is 300 g/mol. The van der Waals surface area contributed by atoms with Crippen molar-refractivity contribution in [1.29, 1.82) is 0 Å². The summed E-state index contributed by atoms with van der Waals surface area (Å²) in [7, 11) is -2.98. The molecule has 0 aromatic carbocycles. The summed E-state index contributed by atoms with van der Waals surface area (Å²) >= 11 is 0. The number of nitrogens with one attached hydrogen (secondary N) is 1. The summed E-state index contributed by atoms with van der Waals surface area (Å²) in [5.74, 6) is 0.0444. The first kappa shape index (κ1) is 14.3. The third-order valence-corrected chi connectivity index (χ3v) is 6.74. The first-order chi connectivity index (χ1) is 9.57. The smallest absolute Gasteiger partial charge is 0.227 e. The van der Waals surface area contributed by atoms with Crippen molar-refractivity contribution >= 4 is 15.7 Å². The molecular weight excluding hydrogens is 276 g/mol. The molecule has 5 nitrogen and oxygen atoms in total. The lowest BCUT2D eigenvalue weighted by Crippen LogP contribution is -2.54. The van der Waals surface area contributed by atoms with Crippen LogP contribution in [0.15, 0.2) is 0 Å². The number of piperidine rings is 1. The van der Waals surface area contributed by atoms with Crippen molar-refractivity contribution in [3.05, 3.63) is 0 Å². The fourth-order valence-electron chi connectivity index (χ4n) is 3.91. The topological polar surface area (TPSA) is 66.5 Å². The number of hydrogen-bond donors (Lipinski definition) is 1. The molecule has 0 bridgehead atoms. The van der Waals surface area contributed by atoms with Crippen molar-refractivity contribution in [2.45, 2.75) is 50.6 Å². The molecule has 0 aliphatic carbocycles. The van der Waals surface area contributed by atoms with Crippen molar-refractivity contribution in [1.82, 2.24) is 10.2 Å². The number of carbonyl (C=O) groups excluding carboxylic acids is 1. The summed E-state index contributed by atoms with van der Waals surface area (Å²) in [6.45, 7) is 1.85. The molecule has 3 heterocycles. The SMILES string of the molecule is O=C(C1CCS(=O)(=O)C1)N1CCCCC1C1CCCN1. The van der Waals surface area contributed by atoms with E-state index in [0.29, 0.717) is 12.5 Å². The van der Waals surface area contributed by atoms with Crippen LogP contribution in [0.3, 0.4) is 0 Å². The van der Waals surface area contributed by atoms with Crippen LogP contribution in [-0.4, -0.2) is 55.9 Å². The maximum atomic E-state index is 12.7. The maximum Gasteiger partial charge on any atom is 0.227 e. The number of nitrogens with zero attached hydrogens (tertiary/aromatic N) is 1. The summed E-state index contributed by atoms with van der Waals surface area (Å²) in [6.07, 6.45) is 6.12. The second kappa shape index (κ2) is 5.64. The molecule has 0 radical (unpaired) electrons. The predicted octanol–water partition coefficient (Wildman–Crippen LogP) is 0.554. The van der Waals surface area contributed by atoms with Gasteiger partial charge in [-0.1, -0.05) is 0 Å². The molecular formula is C14H24N2O3S. The Morgan fingerprint density at radius 1 is 1.10 bits per heavy atom. The molecule has 0 aromatic heterocycles. The van der Waals surface area contributed by atoms with Crippen LogP contribution in [0.25, 0.3) is 0 Å². The fraction of sp³-hybridized carbons (Fsp3) is 0.929. The second-order valence-electron chi connectivity index (χ2n) is 6.40. The van der Waals surface area contributed by atoms with Gasteiger partial charge in [-0.15, -0.1) is 0 Å². The Labute approximate surface area is 121 Å². The van der Waals surface area contributed by atoms with Crippen molar-refractivity contribution in [3.63, 3.8) is 0 Å². The Bertz CT molecular complexity index is 471. The van der Waals surface area contributed by atoms with Crippen molar-refractivity contribution in [2.24, 2.45) is 5.92 Å². The van der Waals surface area contributed by atoms with Gasteiger partial charge < -0.3 is 10.2 Å².